The molecule has 1 aliphatic heterocycles. The Morgan fingerprint density at radius 3 is 2.75 bits per heavy atom. The average Bonchev–Trinajstić information content (AvgIpc) is 2.70. The second-order valence-corrected chi connectivity index (χ2v) is 7.11. The van der Waals surface area contributed by atoms with Crippen LogP contribution in [0.3, 0.4) is 0 Å². The zero-order valence-corrected chi connectivity index (χ0v) is 16.0. The van der Waals surface area contributed by atoms with Gasteiger partial charge >= 0.3 is 5.69 Å². The summed E-state index contributed by atoms with van der Waals surface area (Å²) in [6.45, 7) is 3.13. The highest BCUT2D eigenvalue weighted by Crippen LogP contribution is 2.36. The molecule has 2 aromatic carbocycles. The smallest absolute Gasteiger partial charge is 0.346 e. The zero-order valence-electron chi connectivity index (χ0n) is 15.2. The van der Waals surface area contributed by atoms with Crippen LogP contribution in [0.25, 0.3) is 0 Å². The third-order valence-corrected chi connectivity index (χ3v) is 5.10. The van der Waals surface area contributed by atoms with Crippen LogP contribution in [-0.2, 0) is 13.0 Å². The fourth-order valence-electron chi connectivity index (χ4n) is 3.39. The van der Waals surface area contributed by atoms with Gasteiger partial charge in [0.1, 0.15) is 6.33 Å². The molecule has 28 heavy (non-hydrogen) atoms. The Balaban J connectivity index is 1.72. The highest BCUT2D eigenvalue weighted by atomic mass is 35.5. The van der Waals surface area contributed by atoms with E-state index in [1.165, 1.54) is 11.9 Å². The van der Waals surface area contributed by atoms with Crippen molar-refractivity contribution in [2.75, 3.05) is 16.8 Å². The minimum absolute atomic E-state index is 0.138. The molecule has 2 heterocycles. The van der Waals surface area contributed by atoms with Gasteiger partial charge in [-0.3, -0.25) is 10.1 Å². The molecule has 7 nitrogen and oxygen atoms in total. The summed E-state index contributed by atoms with van der Waals surface area (Å²) in [5.74, 6) is 0.468. The molecule has 0 spiro atoms. The summed E-state index contributed by atoms with van der Waals surface area (Å²) in [7, 11) is 0. The first-order chi connectivity index (χ1) is 13.5. The molecular formula is C20H18ClN5O2. The number of nitrogens with one attached hydrogen (secondary N) is 1. The fourth-order valence-corrected chi connectivity index (χ4v) is 3.57. The van der Waals surface area contributed by atoms with Gasteiger partial charge < -0.3 is 10.2 Å². The van der Waals surface area contributed by atoms with Crippen LogP contribution in [0.4, 0.5) is 23.0 Å². The van der Waals surface area contributed by atoms with Gasteiger partial charge in [-0.2, -0.15) is 0 Å². The Hall–Kier alpha value is -3.19. The minimum Gasteiger partial charge on any atom is -0.346 e. The summed E-state index contributed by atoms with van der Waals surface area (Å²) in [4.78, 5) is 21.8. The lowest BCUT2D eigenvalue weighted by Crippen LogP contribution is -2.31. The van der Waals surface area contributed by atoms with Crippen LogP contribution in [-0.4, -0.2) is 21.4 Å². The average molecular weight is 396 g/mol. The van der Waals surface area contributed by atoms with Gasteiger partial charge in [-0.15, -0.1) is 0 Å². The van der Waals surface area contributed by atoms with Crippen molar-refractivity contribution in [1.82, 2.24) is 9.97 Å². The molecule has 0 unspecified atom stereocenters. The van der Waals surface area contributed by atoms with E-state index in [2.05, 4.69) is 21.4 Å². The lowest BCUT2D eigenvalue weighted by molar-refractivity contribution is -0.383. The number of halogens is 1. The Kier molecular flexibility index (Phi) is 4.83. The number of nitro groups is 1. The van der Waals surface area contributed by atoms with Crippen molar-refractivity contribution in [1.29, 1.82) is 0 Å². The summed E-state index contributed by atoms with van der Waals surface area (Å²) >= 11 is 6.07. The number of nitrogens with zero attached hydrogens (tertiary/aromatic N) is 4. The van der Waals surface area contributed by atoms with Gasteiger partial charge in [0.25, 0.3) is 0 Å². The number of anilines is 3. The topological polar surface area (TPSA) is 84.2 Å². The highest BCUT2D eigenvalue weighted by molar-refractivity contribution is 6.30. The zero-order chi connectivity index (χ0) is 19.7. The van der Waals surface area contributed by atoms with Crippen molar-refractivity contribution >= 4 is 34.6 Å². The maximum absolute atomic E-state index is 11.9. The van der Waals surface area contributed by atoms with E-state index < -0.39 is 4.92 Å². The van der Waals surface area contributed by atoms with Crippen LogP contribution in [0, 0.1) is 17.0 Å². The first-order valence-corrected chi connectivity index (χ1v) is 9.25. The second-order valence-electron chi connectivity index (χ2n) is 6.68. The number of rotatable bonds is 4. The molecule has 0 saturated heterocycles. The van der Waals surface area contributed by atoms with Gasteiger partial charge in [-0.25, -0.2) is 9.97 Å². The van der Waals surface area contributed by atoms with Crippen LogP contribution >= 0.6 is 11.6 Å². The van der Waals surface area contributed by atoms with E-state index in [1.54, 1.807) is 12.1 Å². The van der Waals surface area contributed by atoms with Crippen LogP contribution in [0.1, 0.15) is 16.7 Å². The molecule has 0 fully saturated rings. The normalized spacial score (nSPS) is 13.1. The first kappa shape index (κ1) is 18.2. The molecule has 0 bridgehead atoms. The molecule has 8 heteroatoms. The van der Waals surface area contributed by atoms with Crippen LogP contribution < -0.4 is 10.2 Å². The van der Waals surface area contributed by atoms with E-state index in [-0.39, 0.29) is 11.5 Å². The van der Waals surface area contributed by atoms with E-state index in [0.29, 0.717) is 29.6 Å². The van der Waals surface area contributed by atoms with Gasteiger partial charge in [-0.1, -0.05) is 41.9 Å². The second kappa shape index (κ2) is 7.44. The Morgan fingerprint density at radius 2 is 1.96 bits per heavy atom. The molecule has 4 rings (SSSR count). The number of benzene rings is 2. The van der Waals surface area contributed by atoms with Gasteiger partial charge in [0.05, 0.1) is 4.92 Å². The molecule has 1 N–H and O–H groups in total. The molecule has 0 aliphatic carbocycles. The number of aryl methyl sites for hydroxylation is 1. The first-order valence-electron chi connectivity index (χ1n) is 8.87. The molecule has 1 aliphatic rings. The molecule has 0 radical (unpaired) electrons. The lowest BCUT2D eigenvalue weighted by atomic mass is 10.00. The van der Waals surface area contributed by atoms with Crippen LogP contribution in [0.2, 0.25) is 5.02 Å². The monoisotopic (exact) mass is 395 g/mol. The Bertz CT molecular complexity index is 1060. The lowest BCUT2D eigenvalue weighted by Gasteiger charge is -2.29. The predicted molar refractivity (Wildman–Crippen MR) is 109 cm³/mol. The molecule has 142 valence electrons. The molecule has 3 aromatic rings. The van der Waals surface area contributed by atoms with E-state index in [9.17, 15) is 10.1 Å². The van der Waals surface area contributed by atoms with Crippen molar-refractivity contribution in [3.8, 4) is 0 Å². The van der Waals surface area contributed by atoms with Crippen LogP contribution in [0.15, 0.2) is 48.8 Å². The third kappa shape index (κ3) is 3.48. The van der Waals surface area contributed by atoms with E-state index in [1.807, 2.05) is 36.1 Å². The summed E-state index contributed by atoms with van der Waals surface area (Å²) in [5, 5.41) is 15.5. The van der Waals surface area contributed by atoms with E-state index in [0.717, 1.165) is 17.5 Å². The number of aromatic nitrogens is 2. The predicted octanol–water partition coefficient (Wildman–Crippen LogP) is 4.65. The van der Waals surface area contributed by atoms with Gasteiger partial charge in [0.2, 0.25) is 11.6 Å². The number of fused-ring (bicyclic) bond motifs is 1. The van der Waals surface area contributed by atoms with Gasteiger partial charge in [-0.05, 0) is 42.2 Å². The molecule has 1 aromatic heterocycles. The van der Waals surface area contributed by atoms with Crippen molar-refractivity contribution in [2.24, 2.45) is 0 Å². The number of hydrogen-bond acceptors (Lipinski definition) is 6. The summed E-state index contributed by atoms with van der Waals surface area (Å²) in [6.07, 6.45) is 2.17. The van der Waals surface area contributed by atoms with Gasteiger partial charge in [0.15, 0.2) is 0 Å². The molecular weight excluding hydrogens is 378 g/mol. The molecule has 0 atom stereocenters. The van der Waals surface area contributed by atoms with E-state index >= 15 is 0 Å². The largest absolute Gasteiger partial charge is 0.353 e. The summed E-state index contributed by atoms with van der Waals surface area (Å²) < 4.78 is 0. The SMILES string of the molecule is Cc1ccc(Cl)cc1Nc1ncnc(N2CCc3ccccc3C2)c1[N+](=O)[O-]. The Morgan fingerprint density at radius 1 is 1.18 bits per heavy atom. The van der Waals surface area contributed by atoms with Gasteiger partial charge in [0, 0.05) is 23.8 Å². The third-order valence-electron chi connectivity index (χ3n) is 4.87. The molecule has 0 saturated carbocycles. The highest BCUT2D eigenvalue weighted by Gasteiger charge is 2.29. The maximum Gasteiger partial charge on any atom is 0.353 e. The summed E-state index contributed by atoms with van der Waals surface area (Å²) in [5.41, 5.74) is 3.86. The van der Waals surface area contributed by atoms with Crippen LogP contribution in [0.5, 0.6) is 0 Å². The summed E-state index contributed by atoms with van der Waals surface area (Å²) in [6, 6.07) is 13.5. The van der Waals surface area contributed by atoms with E-state index in [4.69, 9.17) is 11.6 Å². The number of hydrogen-bond donors (Lipinski definition) is 1. The Labute approximate surface area is 167 Å². The quantitative estimate of drug-likeness (QED) is 0.511. The van der Waals surface area contributed by atoms with Crippen molar-refractivity contribution in [3.05, 3.63) is 80.6 Å². The standard InChI is InChI=1S/C20H18ClN5O2/c1-13-6-7-16(21)10-17(13)24-19-18(26(27)28)20(23-12-22-19)25-9-8-14-4-2-3-5-15(14)11-25/h2-7,10,12H,8-9,11H2,1H3,(H,22,23,24). The van der Waals surface area contributed by atoms with Crippen molar-refractivity contribution in [3.63, 3.8) is 0 Å². The fraction of sp³-hybridized carbons (Fsp3) is 0.200. The minimum atomic E-state index is -0.432. The van der Waals surface area contributed by atoms with Crippen molar-refractivity contribution in [2.45, 2.75) is 19.9 Å². The molecule has 0 amide bonds. The van der Waals surface area contributed by atoms with Crippen molar-refractivity contribution < 1.29 is 4.92 Å². The maximum atomic E-state index is 11.9.